The first-order valence-electron chi connectivity index (χ1n) is 9.33. The van der Waals surface area contributed by atoms with Crippen LogP contribution in [0.25, 0.3) is 0 Å². The molecule has 0 radical (unpaired) electrons. The number of methoxy groups -OCH3 is 1. The van der Waals surface area contributed by atoms with E-state index in [0.717, 1.165) is 25.1 Å². The number of hydrogen-bond donors (Lipinski definition) is 1. The van der Waals surface area contributed by atoms with Gasteiger partial charge in [0.25, 0.3) is 5.91 Å². The fourth-order valence-electron chi connectivity index (χ4n) is 3.46. The molecule has 7 nitrogen and oxygen atoms in total. The summed E-state index contributed by atoms with van der Waals surface area (Å²) in [7, 11) is 1.30. The third-order valence-electron chi connectivity index (χ3n) is 4.85. The molecule has 3 aromatic rings. The first-order valence-corrected chi connectivity index (χ1v) is 9.33. The Morgan fingerprint density at radius 2 is 1.86 bits per heavy atom. The van der Waals surface area contributed by atoms with Gasteiger partial charge in [0.2, 0.25) is 0 Å². The van der Waals surface area contributed by atoms with Crippen LogP contribution in [0.15, 0.2) is 60.9 Å². The van der Waals surface area contributed by atoms with Crippen molar-refractivity contribution in [2.24, 2.45) is 0 Å². The quantitative estimate of drug-likeness (QED) is 0.688. The van der Waals surface area contributed by atoms with Gasteiger partial charge in [-0.3, -0.25) is 4.79 Å². The van der Waals surface area contributed by atoms with E-state index in [-0.39, 0.29) is 11.3 Å². The van der Waals surface area contributed by atoms with Crippen LogP contribution >= 0.6 is 0 Å². The number of nitrogens with zero attached hydrogens (tertiary/aromatic N) is 3. The summed E-state index contributed by atoms with van der Waals surface area (Å²) in [6.45, 7) is 0.820. The minimum Gasteiger partial charge on any atom is -0.465 e. The zero-order chi connectivity index (χ0) is 20.2. The van der Waals surface area contributed by atoms with Crippen LogP contribution in [0.5, 0.6) is 0 Å². The largest absolute Gasteiger partial charge is 0.465 e. The molecule has 146 valence electrons. The lowest BCUT2D eigenvalue weighted by Gasteiger charge is -2.30. The lowest BCUT2D eigenvalue weighted by atomic mass is 10.0. The molecule has 2 aromatic carbocycles. The first kappa shape index (κ1) is 18.6. The van der Waals surface area contributed by atoms with Crippen molar-refractivity contribution < 1.29 is 14.3 Å². The number of aryl methyl sites for hydroxylation is 1. The number of hydrogen-bond acceptors (Lipinski definition) is 6. The van der Waals surface area contributed by atoms with Gasteiger partial charge in [-0.2, -0.15) is 0 Å². The fraction of sp³-hybridized carbons (Fsp3) is 0.182. The van der Waals surface area contributed by atoms with Gasteiger partial charge in [-0.25, -0.2) is 14.8 Å². The Morgan fingerprint density at radius 1 is 1.07 bits per heavy atom. The second-order valence-electron chi connectivity index (χ2n) is 6.64. The molecule has 1 aromatic heterocycles. The van der Waals surface area contributed by atoms with E-state index in [9.17, 15) is 9.59 Å². The van der Waals surface area contributed by atoms with Gasteiger partial charge in [-0.1, -0.05) is 30.3 Å². The minimum absolute atomic E-state index is 0.220. The van der Waals surface area contributed by atoms with Gasteiger partial charge in [0.1, 0.15) is 17.8 Å². The van der Waals surface area contributed by atoms with E-state index in [2.05, 4.69) is 32.3 Å². The standard InChI is InChI=1S/C22H20N4O3/c1-29-22(28)16-9-3-4-10-17(16)25-21(27)18-13-20(24-14-23-18)26-12-6-8-15-7-2-5-11-19(15)26/h2-5,7,9-11,13-14H,6,8,12H2,1H3,(H,25,27). The van der Waals surface area contributed by atoms with Crippen molar-refractivity contribution >= 4 is 29.1 Å². The third-order valence-corrected chi connectivity index (χ3v) is 4.85. The van der Waals surface area contributed by atoms with Gasteiger partial charge < -0.3 is 15.0 Å². The van der Waals surface area contributed by atoms with Gasteiger partial charge in [-0.05, 0) is 36.6 Å². The Hall–Kier alpha value is -3.74. The maximum absolute atomic E-state index is 12.8. The summed E-state index contributed by atoms with van der Waals surface area (Å²) in [5.41, 5.74) is 3.23. The van der Waals surface area contributed by atoms with Crippen molar-refractivity contribution in [2.45, 2.75) is 12.8 Å². The summed E-state index contributed by atoms with van der Waals surface area (Å²) in [6, 6.07) is 16.5. The highest BCUT2D eigenvalue weighted by Crippen LogP contribution is 2.32. The van der Waals surface area contributed by atoms with Crippen LogP contribution in [0.2, 0.25) is 0 Å². The van der Waals surface area contributed by atoms with Gasteiger partial charge in [-0.15, -0.1) is 0 Å². The molecule has 0 bridgehead atoms. The minimum atomic E-state index is -0.519. The Bertz CT molecular complexity index is 1070. The number of rotatable bonds is 4. The van der Waals surface area contributed by atoms with Crippen LogP contribution < -0.4 is 10.2 Å². The molecule has 0 atom stereocenters. The predicted octanol–water partition coefficient (Wildman–Crippen LogP) is 3.60. The third kappa shape index (κ3) is 3.80. The van der Waals surface area contributed by atoms with Crippen molar-refractivity contribution in [3.05, 3.63) is 77.7 Å². The Labute approximate surface area is 168 Å². The van der Waals surface area contributed by atoms with Gasteiger partial charge >= 0.3 is 5.97 Å². The van der Waals surface area contributed by atoms with Crippen LogP contribution in [0, 0.1) is 0 Å². The van der Waals surface area contributed by atoms with Crippen molar-refractivity contribution in [3.8, 4) is 0 Å². The first-order chi connectivity index (χ1) is 14.2. The number of nitrogens with one attached hydrogen (secondary N) is 1. The summed E-state index contributed by atoms with van der Waals surface area (Å²) in [5.74, 6) is -0.275. The highest BCUT2D eigenvalue weighted by Gasteiger charge is 2.21. The number of benzene rings is 2. The number of fused-ring (bicyclic) bond motifs is 1. The molecule has 1 N–H and O–H groups in total. The molecule has 29 heavy (non-hydrogen) atoms. The smallest absolute Gasteiger partial charge is 0.339 e. The number of amides is 1. The molecule has 2 heterocycles. The lowest BCUT2D eigenvalue weighted by molar-refractivity contribution is 0.0602. The fourth-order valence-corrected chi connectivity index (χ4v) is 3.46. The molecule has 1 aliphatic rings. The monoisotopic (exact) mass is 388 g/mol. The van der Waals surface area contributed by atoms with E-state index in [1.807, 2.05) is 12.1 Å². The zero-order valence-electron chi connectivity index (χ0n) is 16.0. The molecular weight excluding hydrogens is 368 g/mol. The van der Waals surface area contributed by atoms with Crippen molar-refractivity contribution in [2.75, 3.05) is 23.9 Å². The SMILES string of the molecule is COC(=O)c1ccccc1NC(=O)c1cc(N2CCCc3ccccc32)ncn1. The molecule has 7 heteroatoms. The Balaban J connectivity index is 1.61. The molecule has 0 unspecified atom stereocenters. The molecular formula is C22H20N4O3. The van der Waals surface area contributed by atoms with Gasteiger partial charge in [0, 0.05) is 18.3 Å². The van der Waals surface area contributed by atoms with Gasteiger partial charge in [0.05, 0.1) is 18.4 Å². The van der Waals surface area contributed by atoms with E-state index >= 15 is 0 Å². The zero-order valence-corrected chi connectivity index (χ0v) is 16.0. The Kier molecular flexibility index (Phi) is 5.20. The Morgan fingerprint density at radius 3 is 2.72 bits per heavy atom. The highest BCUT2D eigenvalue weighted by atomic mass is 16.5. The molecule has 0 saturated carbocycles. The number of carbonyl (C=O) groups is 2. The summed E-state index contributed by atoms with van der Waals surface area (Å²) in [5, 5.41) is 2.74. The molecule has 0 spiro atoms. The predicted molar refractivity (Wildman–Crippen MR) is 110 cm³/mol. The van der Waals surface area contributed by atoms with E-state index in [0.29, 0.717) is 11.5 Å². The number of aromatic nitrogens is 2. The van der Waals surface area contributed by atoms with Crippen LogP contribution in [-0.2, 0) is 11.2 Å². The van der Waals surface area contributed by atoms with Crippen LogP contribution in [0.1, 0.15) is 32.8 Å². The summed E-state index contributed by atoms with van der Waals surface area (Å²) >= 11 is 0. The van der Waals surface area contributed by atoms with E-state index in [1.165, 1.54) is 19.0 Å². The van der Waals surface area contributed by atoms with Gasteiger partial charge in [0.15, 0.2) is 0 Å². The van der Waals surface area contributed by atoms with Crippen LogP contribution in [0.4, 0.5) is 17.2 Å². The number of ether oxygens (including phenoxy) is 1. The molecule has 1 amide bonds. The van der Waals surface area contributed by atoms with Crippen LogP contribution in [-0.4, -0.2) is 35.5 Å². The maximum atomic E-state index is 12.8. The van der Waals surface area contributed by atoms with Crippen LogP contribution in [0.3, 0.4) is 0 Å². The number of anilines is 3. The summed E-state index contributed by atoms with van der Waals surface area (Å²) in [6.07, 6.45) is 3.41. The van der Waals surface area contributed by atoms with Crippen molar-refractivity contribution in [1.29, 1.82) is 0 Å². The van der Waals surface area contributed by atoms with E-state index < -0.39 is 11.9 Å². The number of para-hydroxylation sites is 2. The summed E-state index contributed by atoms with van der Waals surface area (Å²) in [4.78, 5) is 35.3. The average molecular weight is 388 g/mol. The normalized spacial score (nSPS) is 12.8. The molecule has 4 rings (SSSR count). The topological polar surface area (TPSA) is 84.4 Å². The maximum Gasteiger partial charge on any atom is 0.339 e. The highest BCUT2D eigenvalue weighted by molar-refractivity contribution is 6.07. The lowest BCUT2D eigenvalue weighted by Crippen LogP contribution is -2.26. The van der Waals surface area contributed by atoms with Crippen molar-refractivity contribution in [1.82, 2.24) is 9.97 Å². The number of esters is 1. The molecule has 0 aliphatic carbocycles. The van der Waals surface area contributed by atoms with Crippen molar-refractivity contribution in [3.63, 3.8) is 0 Å². The number of carbonyl (C=O) groups excluding carboxylic acids is 2. The molecule has 0 saturated heterocycles. The second kappa shape index (κ2) is 8.10. The molecule has 0 fully saturated rings. The average Bonchev–Trinajstić information content (AvgIpc) is 2.78. The summed E-state index contributed by atoms with van der Waals surface area (Å²) < 4.78 is 4.77. The molecule has 1 aliphatic heterocycles. The van der Waals surface area contributed by atoms with E-state index in [4.69, 9.17) is 4.74 Å². The van der Waals surface area contributed by atoms with E-state index in [1.54, 1.807) is 30.3 Å². The second-order valence-corrected chi connectivity index (χ2v) is 6.64.